The van der Waals surface area contributed by atoms with Crippen LogP contribution in [0, 0.1) is 6.92 Å². The average Bonchev–Trinajstić information content (AvgIpc) is 2.31. The molecule has 1 N–H and O–H groups in total. The Bertz CT molecular complexity index is 361. The minimum Gasteiger partial charge on any atom is -0.309 e. The number of benzene rings is 1. The average molecular weight is 253 g/mol. The molecule has 3 atom stereocenters. The van der Waals surface area contributed by atoms with Gasteiger partial charge in [0.05, 0.1) is 5.25 Å². The molecule has 0 saturated carbocycles. The Morgan fingerprint density at radius 3 is 2.35 bits per heavy atom. The maximum atomic E-state index is 11.7. The Hall–Kier alpha value is -0.670. The Balaban J connectivity index is 2.88. The van der Waals surface area contributed by atoms with Crippen LogP contribution in [0.3, 0.4) is 0 Å². The third-order valence-corrected chi connectivity index (χ3v) is 4.36. The topological polar surface area (TPSA) is 29.1 Å². The van der Waals surface area contributed by atoms with Crippen LogP contribution in [0.2, 0.25) is 0 Å². The summed E-state index contributed by atoms with van der Waals surface area (Å²) in [6.45, 7) is 7.23. The zero-order chi connectivity index (χ0) is 12.8. The van der Waals surface area contributed by atoms with E-state index in [0.717, 1.165) is 13.0 Å². The fraction of sp³-hybridized carbons (Fsp3) is 0.571. The maximum absolute atomic E-state index is 11.7. The van der Waals surface area contributed by atoms with Gasteiger partial charge in [0.15, 0.2) is 0 Å². The zero-order valence-electron chi connectivity index (χ0n) is 11.2. The summed E-state index contributed by atoms with van der Waals surface area (Å²) in [5.41, 5.74) is 2.49. The van der Waals surface area contributed by atoms with E-state index in [9.17, 15) is 4.21 Å². The fourth-order valence-electron chi connectivity index (χ4n) is 1.82. The smallest absolute Gasteiger partial charge is 0.0511 e. The molecule has 0 aliphatic heterocycles. The summed E-state index contributed by atoms with van der Waals surface area (Å²) >= 11 is 0. The van der Waals surface area contributed by atoms with Crippen molar-refractivity contribution in [2.75, 3.05) is 12.8 Å². The summed E-state index contributed by atoms with van der Waals surface area (Å²) in [6.07, 6.45) is 2.87. The molecule has 0 spiro atoms. The number of hydrogen-bond donors (Lipinski definition) is 1. The van der Waals surface area contributed by atoms with Crippen LogP contribution in [0.1, 0.15) is 37.4 Å². The van der Waals surface area contributed by atoms with Gasteiger partial charge in [-0.2, -0.15) is 0 Å². The van der Waals surface area contributed by atoms with Gasteiger partial charge in [-0.3, -0.25) is 4.21 Å². The molecule has 0 fully saturated rings. The lowest BCUT2D eigenvalue weighted by molar-refractivity contribution is 0.519. The highest BCUT2D eigenvalue weighted by Gasteiger charge is 2.21. The van der Waals surface area contributed by atoms with Crippen molar-refractivity contribution in [2.24, 2.45) is 0 Å². The van der Waals surface area contributed by atoms with Gasteiger partial charge in [-0.25, -0.2) is 0 Å². The van der Waals surface area contributed by atoms with Crippen molar-refractivity contribution < 1.29 is 4.21 Å². The van der Waals surface area contributed by atoms with E-state index < -0.39 is 10.8 Å². The number of aryl methyl sites for hydroxylation is 1. The highest BCUT2D eigenvalue weighted by atomic mass is 32.2. The maximum Gasteiger partial charge on any atom is 0.0511 e. The van der Waals surface area contributed by atoms with E-state index in [2.05, 4.69) is 43.4 Å². The van der Waals surface area contributed by atoms with Gasteiger partial charge < -0.3 is 5.32 Å². The summed E-state index contributed by atoms with van der Waals surface area (Å²) in [5.74, 6) is 0. The summed E-state index contributed by atoms with van der Waals surface area (Å²) in [7, 11) is -0.812. The predicted molar refractivity (Wildman–Crippen MR) is 75.7 cm³/mol. The highest BCUT2D eigenvalue weighted by Crippen LogP contribution is 2.20. The van der Waals surface area contributed by atoms with Gasteiger partial charge in [-0.15, -0.1) is 0 Å². The largest absolute Gasteiger partial charge is 0.309 e. The standard InChI is InChI=1S/C14H23NOS/c1-5-10-15-14(12(3)17(4)16)13-8-6-11(2)7-9-13/h6-9,12,14-15H,5,10H2,1-4H3. The van der Waals surface area contributed by atoms with Crippen molar-refractivity contribution >= 4 is 10.8 Å². The minimum atomic E-state index is -0.812. The first-order chi connectivity index (χ1) is 8.06. The van der Waals surface area contributed by atoms with Gasteiger partial charge in [0.2, 0.25) is 0 Å². The van der Waals surface area contributed by atoms with Crippen LogP contribution >= 0.6 is 0 Å². The van der Waals surface area contributed by atoms with E-state index in [-0.39, 0.29) is 11.3 Å². The first-order valence-electron chi connectivity index (χ1n) is 6.18. The lowest BCUT2D eigenvalue weighted by atomic mass is 10.0. The molecule has 0 aliphatic carbocycles. The second-order valence-electron chi connectivity index (χ2n) is 4.55. The minimum absolute atomic E-state index is 0.129. The van der Waals surface area contributed by atoms with Gasteiger partial charge in [0.25, 0.3) is 0 Å². The summed E-state index contributed by atoms with van der Waals surface area (Å²) < 4.78 is 11.7. The molecule has 1 aromatic carbocycles. The van der Waals surface area contributed by atoms with Crippen molar-refractivity contribution in [3.63, 3.8) is 0 Å². The molecule has 1 rings (SSSR count). The third kappa shape index (κ3) is 4.25. The lowest BCUT2D eigenvalue weighted by Gasteiger charge is -2.24. The predicted octanol–water partition coefficient (Wildman–Crippen LogP) is 2.80. The van der Waals surface area contributed by atoms with Gasteiger partial charge in [0.1, 0.15) is 0 Å². The van der Waals surface area contributed by atoms with Crippen LogP contribution in [0.25, 0.3) is 0 Å². The van der Waals surface area contributed by atoms with E-state index in [4.69, 9.17) is 0 Å². The van der Waals surface area contributed by atoms with E-state index in [1.165, 1.54) is 11.1 Å². The number of rotatable bonds is 6. The van der Waals surface area contributed by atoms with Gasteiger partial charge in [-0.05, 0) is 32.4 Å². The second kappa shape index (κ2) is 6.92. The molecule has 2 nitrogen and oxygen atoms in total. The first-order valence-corrected chi connectivity index (χ1v) is 7.80. The van der Waals surface area contributed by atoms with Crippen molar-refractivity contribution in [1.29, 1.82) is 0 Å². The van der Waals surface area contributed by atoms with Crippen LogP contribution in [0.5, 0.6) is 0 Å². The summed E-state index contributed by atoms with van der Waals surface area (Å²) in [5, 5.41) is 3.62. The molecule has 0 heterocycles. The molecule has 0 aliphatic rings. The van der Waals surface area contributed by atoms with E-state index in [1.807, 2.05) is 6.92 Å². The van der Waals surface area contributed by atoms with Crippen molar-refractivity contribution in [2.45, 2.75) is 38.5 Å². The molecule has 0 bridgehead atoms. The molecular formula is C14H23NOS. The Morgan fingerprint density at radius 2 is 1.88 bits per heavy atom. The summed E-state index contributed by atoms with van der Waals surface area (Å²) in [6, 6.07) is 8.67. The SMILES string of the molecule is CCCNC(c1ccc(C)cc1)C(C)S(C)=O. The molecule has 0 radical (unpaired) electrons. The molecule has 3 unspecified atom stereocenters. The normalized spacial score (nSPS) is 16.5. The molecule has 0 saturated heterocycles. The Morgan fingerprint density at radius 1 is 1.29 bits per heavy atom. The van der Waals surface area contributed by atoms with Crippen LogP contribution < -0.4 is 5.32 Å². The molecule has 0 amide bonds. The number of nitrogens with one attached hydrogen (secondary N) is 1. The lowest BCUT2D eigenvalue weighted by Crippen LogP contribution is -2.33. The highest BCUT2D eigenvalue weighted by molar-refractivity contribution is 7.84. The van der Waals surface area contributed by atoms with Crippen molar-refractivity contribution in [3.8, 4) is 0 Å². The van der Waals surface area contributed by atoms with Crippen molar-refractivity contribution in [3.05, 3.63) is 35.4 Å². The van der Waals surface area contributed by atoms with Crippen LogP contribution in [0.4, 0.5) is 0 Å². The Kier molecular flexibility index (Phi) is 5.86. The quantitative estimate of drug-likeness (QED) is 0.844. The van der Waals surface area contributed by atoms with Crippen LogP contribution in [0.15, 0.2) is 24.3 Å². The molecule has 3 heteroatoms. The number of hydrogen-bond acceptors (Lipinski definition) is 2. The van der Waals surface area contributed by atoms with E-state index >= 15 is 0 Å². The van der Waals surface area contributed by atoms with Gasteiger partial charge >= 0.3 is 0 Å². The zero-order valence-corrected chi connectivity index (χ0v) is 12.0. The molecule has 17 heavy (non-hydrogen) atoms. The monoisotopic (exact) mass is 253 g/mol. The molecule has 1 aromatic rings. The van der Waals surface area contributed by atoms with E-state index in [0.29, 0.717) is 0 Å². The van der Waals surface area contributed by atoms with Crippen LogP contribution in [-0.2, 0) is 10.8 Å². The fourth-order valence-corrected chi connectivity index (χ4v) is 2.46. The summed E-state index contributed by atoms with van der Waals surface area (Å²) in [4.78, 5) is 0. The molecule has 96 valence electrons. The van der Waals surface area contributed by atoms with Crippen molar-refractivity contribution in [1.82, 2.24) is 5.32 Å². The van der Waals surface area contributed by atoms with Gasteiger partial charge in [-0.1, -0.05) is 36.8 Å². The van der Waals surface area contributed by atoms with Crippen LogP contribution in [-0.4, -0.2) is 22.3 Å². The molecule has 0 aromatic heterocycles. The Labute approximate surface area is 107 Å². The second-order valence-corrected chi connectivity index (χ2v) is 6.29. The first kappa shape index (κ1) is 14.4. The molecular weight excluding hydrogens is 230 g/mol. The van der Waals surface area contributed by atoms with E-state index in [1.54, 1.807) is 6.26 Å². The third-order valence-electron chi connectivity index (χ3n) is 3.04. The van der Waals surface area contributed by atoms with Gasteiger partial charge in [0, 0.05) is 23.1 Å².